The third-order valence-corrected chi connectivity index (χ3v) is 4.69. The monoisotopic (exact) mass is 312 g/mol. The first-order chi connectivity index (χ1) is 10.9. The Labute approximate surface area is 139 Å². The van der Waals surface area contributed by atoms with Gasteiger partial charge in [-0.3, -0.25) is 0 Å². The van der Waals surface area contributed by atoms with E-state index in [0.717, 1.165) is 26.1 Å². The third-order valence-electron chi connectivity index (χ3n) is 4.69. The summed E-state index contributed by atoms with van der Waals surface area (Å²) >= 11 is 0. The lowest BCUT2D eigenvalue weighted by Crippen LogP contribution is -2.24. The van der Waals surface area contributed by atoms with Crippen molar-refractivity contribution in [2.45, 2.75) is 116 Å². The minimum atomic E-state index is 0.103. The highest BCUT2D eigenvalue weighted by Crippen LogP contribution is 2.15. The van der Waals surface area contributed by atoms with Crippen LogP contribution in [-0.2, 0) is 9.47 Å². The Bertz CT molecular complexity index is 212. The van der Waals surface area contributed by atoms with Crippen molar-refractivity contribution in [2.24, 2.45) is 0 Å². The average molecular weight is 313 g/mol. The zero-order valence-corrected chi connectivity index (χ0v) is 15.1. The first-order valence-electron chi connectivity index (χ1n) is 10.2. The molecule has 1 aliphatic heterocycles. The molecule has 0 spiro atoms. The maximum atomic E-state index is 5.57. The van der Waals surface area contributed by atoms with Crippen LogP contribution < -0.4 is 0 Å². The van der Waals surface area contributed by atoms with Crippen molar-refractivity contribution in [2.75, 3.05) is 13.2 Å². The number of hydrogen-bond donors (Lipinski definition) is 0. The minimum Gasteiger partial charge on any atom is -0.353 e. The fourth-order valence-corrected chi connectivity index (χ4v) is 3.21. The number of rotatable bonds is 15. The standard InChI is InChI=1S/C20H40O2/c1-2-3-4-5-6-7-8-9-10-11-12-13-14-15-17-20-21-18-16-19-22-20/h20H,2-19H2,1H3. The molecule has 22 heavy (non-hydrogen) atoms. The summed E-state index contributed by atoms with van der Waals surface area (Å²) in [5.74, 6) is 0. The minimum absolute atomic E-state index is 0.103. The molecular formula is C20H40O2. The first-order valence-corrected chi connectivity index (χ1v) is 10.2. The van der Waals surface area contributed by atoms with Crippen LogP contribution in [0.4, 0.5) is 0 Å². The Hall–Kier alpha value is -0.0800. The average Bonchev–Trinajstić information content (AvgIpc) is 2.56. The maximum Gasteiger partial charge on any atom is 0.157 e. The second kappa shape index (κ2) is 15.8. The molecule has 1 fully saturated rings. The van der Waals surface area contributed by atoms with Crippen molar-refractivity contribution in [1.29, 1.82) is 0 Å². The highest BCUT2D eigenvalue weighted by Gasteiger charge is 2.12. The zero-order valence-electron chi connectivity index (χ0n) is 15.1. The Morgan fingerprint density at radius 2 is 1.00 bits per heavy atom. The first kappa shape index (κ1) is 20.0. The van der Waals surface area contributed by atoms with Gasteiger partial charge in [0.05, 0.1) is 13.2 Å². The van der Waals surface area contributed by atoms with Crippen LogP contribution >= 0.6 is 0 Å². The third kappa shape index (κ3) is 12.5. The highest BCUT2D eigenvalue weighted by atomic mass is 16.7. The van der Waals surface area contributed by atoms with Gasteiger partial charge in [0.1, 0.15) is 0 Å². The molecule has 0 atom stereocenters. The largest absolute Gasteiger partial charge is 0.353 e. The Morgan fingerprint density at radius 3 is 1.45 bits per heavy atom. The second-order valence-corrected chi connectivity index (χ2v) is 6.91. The number of unbranched alkanes of at least 4 members (excludes halogenated alkanes) is 13. The molecule has 0 radical (unpaired) electrons. The van der Waals surface area contributed by atoms with Gasteiger partial charge in [0.15, 0.2) is 6.29 Å². The van der Waals surface area contributed by atoms with Gasteiger partial charge in [-0.1, -0.05) is 90.4 Å². The maximum absolute atomic E-state index is 5.57. The second-order valence-electron chi connectivity index (χ2n) is 6.91. The molecule has 132 valence electrons. The Morgan fingerprint density at radius 1 is 0.591 bits per heavy atom. The number of hydrogen-bond acceptors (Lipinski definition) is 2. The van der Waals surface area contributed by atoms with Gasteiger partial charge in [0.2, 0.25) is 0 Å². The van der Waals surface area contributed by atoms with Crippen molar-refractivity contribution in [3.8, 4) is 0 Å². The fourth-order valence-electron chi connectivity index (χ4n) is 3.21. The van der Waals surface area contributed by atoms with Crippen molar-refractivity contribution < 1.29 is 9.47 Å². The van der Waals surface area contributed by atoms with Crippen LogP contribution in [-0.4, -0.2) is 19.5 Å². The summed E-state index contributed by atoms with van der Waals surface area (Å²) in [5, 5.41) is 0. The van der Waals surface area contributed by atoms with Gasteiger partial charge in [-0.05, 0) is 19.3 Å². The topological polar surface area (TPSA) is 18.5 Å². The molecule has 0 aliphatic carbocycles. The molecule has 1 heterocycles. The predicted octanol–water partition coefficient (Wildman–Crippen LogP) is 6.62. The molecule has 0 aromatic carbocycles. The number of ether oxygens (including phenoxy) is 2. The lowest BCUT2D eigenvalue weighted by atomic mass is 10.0. The van der Waals surface area contributed by atoms with Crippen LogP contribution in [0.1, 0.15) is 110 Å². The van der Waals surface area contributed by atoms with E-state index in [9.17, 15) is 0 Å². The van der Waals surface area contributed by atoms with Gasteiger partial charge in [-0.15, -0.1) is 0 Å². The van der Waals surface area contributed by atoms with Crippen molar-refractivity contribution >= 4 is 0 Å². The zero-order chi connectivity index (χ0) is 15.7. The van der Waals surface area contributed by atoms with Crippen molar-refractivity contribution in [1.82, 2.24) is 0 Å². The Kier molecular flexibility index (Phi) is 14.3. The molecule has 0 N–H and O–H groups in total. The summed E-state index contributed by atoms with van der Waals surface area (Å²) in [4.78, 5) is 0. The summed E-state index contributed by atoms with van der Waals surface area (Å²) in [5.41, 5.74) is 0. The van der Waals surface area contributed by atoms with Gasteiger partial charge in [0.25, 0.3) is 0 Å². The molecule has 0 amide bonds. The summed E-state index contributed by atoms with van der Waals surface area (Å²) in [6, 6.07) is 0. The summed E-state index contributed by atoms with van der Waals surface area (Å²) in [7, 11) is 0. The molecule has 0 saturated carbocycles. The SMILES string of the molecule is CCCCCCCCCCCCCCCCC1OCCCO1. The van der Waals surface area contributed by atoms with Crippen LogP contribution in [0.5, 0.6) is 0 Å². The molecule has 0 aromatic rings. The summed E-state index contributed by atoms with van der Waals surface area (Å²) in [6.45, 7) is 4.07. The lowest BCUT2D eigenvalue weighted by Gasteiger charge is -2.22. The molecule has 0 aromatic heterocycles. The molecule has 2 heteroatoms. The predicted molar refractivity (Wildman–Crippen MR) is 95.2 cm³/mol. The van der Waals surface area contributed by atoms with E-state index in [1.165, 1.54) is 89.9 Å². The van der Waals surface area contributed by atoms with Gasteiger partial charge in [-0.25, -0.2) is 0 Å². The van der Waals surface area contributed by atoms with E-state index in [4.69, 9.17) is 9.47 Å². The molecule has 0 unspecified atom stereocenters. The van der Waals surface area contributed by atoms with Crippen LogP contribution in [0.2, 0.25) is 0 Å². The lowest BCUT2D eigenvalue weighted by molar-refractivity contribution is -0.181. The summed E-state index contributed by atoms with van der Waals surface area (Å²) < 4.78 is 11.1. The smallest absolute Gasteiger partial charge is 0.157 e. The molecule has 1 saturated heterocycles. The Balaban J connectivity index is 1.68. The normalized spacial score (nSPS) is 16.2. The molecule has 2 nitrogen and oxygen atoms in total. The van der Waals surface area contributed by atoms with Crippen LogP contribution in [0, 0.1) is 0 Å². The van der Waals surface area contributed by atoms with Crippen LogP contribution in [0.15, 0.2) is 0 Å². The van der Waals surface area contributed by atoms with E-state index in [1.54, 1.807) is 0 Å². The van der Waals surface area contributed by atoms with Crippen molar-refractivity contribution in [3.05, 3.63) is 0 Å². The molecule has 0 bridgehead atoms. The van der Waals surface area contributed by atoms with E-state index < -0.39 is 0 Å². The van der Waals surface area contributed by atoms with Gasteiger partial charge in [0, 0.05) is 0 Å². The van der Waals surface area contributed by atoms with Gasteiger partial charge >= 0.3 is 0 Å². The van der Waals surface area contributed by atoms with Crippen LogP contribution in [0.3, 0.4) is 0 Å². The fraction of sp³-hybridized carbons (Fsp3) is 1.00. The summed E-state index contributed by atoms with van der Waals surface area (Å²) in [6.07, 6.45) is 22.1. The molecule has 1 aliphatic rings. The van der Waals surface area contributed by atoms with E-state index >= 15 is 0 Å². The highest BCUT2D eigenvalue weighted by molar-refractivity contribution is 4.54. The van der Waals surface area contributed by atoms with Crippen molar-refractivity contribution in [3.63, 3.8) is 0 Å². The van der Waals surface area contributed by atoms with E-state index in [0.29, 0.717) is 0 Å². The van der Waals surface area contributed by atoms with Gasteiger partial charge in [-0.2, -0.15) is 0 Å². The van der Waals surface area contributed by atoms with Gasteiger partial charge < -0.3 is 9.47 Å². The van der Waals surface area contributed by atoms with E-state index in [2.05, 4.69) is 6.92 Å². The van der Waals surface area contributed by atoms with Crippen LogP contribution in [0.25, 0.3) is 0 Å². The van der Waals surface area contributed by atoms with E-state index in [1.807, 2.05) is 0 Å². The van der Waals surface area contributed by atoms with E-state index in [-0.39, 0.29) is 6.29 Å². The quantitative estimate of drug-likeness (QED) is 0.316. The molecular weight excluding hydrogens is 272 g/mol. The molecule has 1 rings (SSSR count).